The number of hydrogen-bond donors (Lipinski definition) is 1. The van der Waals surface area contributed by atoms with Crippen LogP contribution >= 0.6 is 11.3 Å². The molecule has 3 rings (SSSR count). The molecule has 1 N–H and O–H groups in total. The van der Waals surface area contributed by atoms with Crippen molar-refractivity contribution in [3.63, 3.8) is 0 Å². The van der Waals surface area contributed by atoms with E-state index in [9.17, 15) is 0 Å². The van der Waals surface area contributed by atoms with Gasteiger partial charge in [-0.3, -0.25) is 0 Å². The van der Waals surface area contributed by atoms with Crippen LogP contribution in [0.1, 0.15) is 10.7 Å². The van der Waals surface area contributed by atoms with Crippen LogP contribution in [0.4, 0.5) is 17.3 Å². The van der Waals surface area contributed by atoms with E-state index in [1.165, 1.54) is 0 Å². The van der Waals surface area contributed by atoms with Crippen LogP contribution in [0, 0.1) is 13.8 Å². The van der Waals surface area contributed by atoms with E-state index in [-0.39, 0.29) is 0 Å². The number of aryl methyl sites for hydroxylation is 2. The summed E-state index contributed by atoms with van der Waals surface area (Å²) >= 11 is 1.64. The van der Waals surface area contributed by atoms with E-state index in [4.69, 9.17) is 4.74 Å². The molecule has 0 saturated heterocycles. The van der Waals surface area contributed by atoms with Gasteiger partial charge in [0, 0.05) is 26.0 Å². The van der Waals surface area contributed by atoms with Crippen molar-refractivity contribution in [3.05, 3.63) is 41.2 Å². The molecule has 2 heterocycles. The van der Waals surface area contributed by atoms with Gasteiger partial charge in [0.15, 0.2) is 0 Å². The number of rotatable bonds is 5. The van der Waals surface area contributed by atoms with Crippen LogP contribution in [0.5, 0.6) is 5.75 Å². The van der Waals surface area contributed by atoms with Crippen LogP contribution in [0.3, 0.4) is 0 Å². The minimum Gasteiger partial charge on any atom is -0.495 e. The standard InChI is InChI=1S/C18H21N5OS/c1-11-17(25-12(2)20-11)14-8-9-19-18(22-14)21-13-6-7-16(24-5)15(10-13)23(3)4/h6-10H,1-5H3,(H,19,21,22). The number of hydrogen-bond acceptors (Lipinski definition) is 7. The molecule has 0 aliphatic heterocycles. The van der Waals surface area contributed by atoms with Crippen LogP contribution in [0.25, 0.3) is 10.6 Å². The van der Waals surface area contributed by atoms with E-state index in [1.54, 1.807) is 24.6 Å². The van der Waals surface area contributed by atoms with Crippen LogP contribution < -0.4 is 15.0 Å². The molecule has 2 aromatic heterocycles. The first kappa shape index (κ1) is 17.2. The van der Waals surface area contributed by atoms with E-state index in [0.29, 0.717) is 5.95 Å². The number of anilines is 3. The lowest BCUT2D eigenvalue weighted by Gasteiger charge is -2.18. The third-order valence-electron chi connectivity index (χ3n) is 3.71. The smallest absolute Gasteiger partial charge is 0.227 e. The fraction of sp³-hybridized carbons (Fsp3) is 0.278. The molecule has 0 unspecified atom stereocenters. The molecule has 130 valence electrons. The lowest BCUT2D eigenvalue weighted by Crippen LogP contribution is -2.10. The summed E-state index contributed by atoms with van der Waals surface area (Å²) in [5.41, 5.74) is 3.75. The van der Waals surface area contributed by atoms with Crippen LogP contribution in [0.2, 0.25) is 0 Å². The maximum absolute atomic E-state index is 5.40. The molecule has 3 aromatic rings. The molecule has 0 amide bonds. The molecule has 6 nitrogen and oxygen atoms in total. The molecule has 0 aliphatic carbocycles. The Labute approximate surface area is 151 Å². The first-order valence-corrected chi connectivity index (χ1v) is 8.69. The van der Waals surface area contributed by atoms with E-state index >= 15 is 0 Å². The van der Waals surface area contributed by atoms with Crippen molar-refractivity contribution >= 4 is 28.7 Å². The highest BCUT2D eigenvalue weighted by atomic mass is 32.1. The number of ether oxygens (including phenoxy) is 1. The van der Waals surface area contributed by atoms with Gasteiger partial charge in [-0.25, -0.2) is 15.0 Å². The van der Waals surface area contributed by atoms with Crippen LogP contribution in [0.15, 0.2) is 30.5 Å². The Morgan fingerprint density at radius 2 is 1.92 bits per heavy atom. The second-order valence-electron chi connectivity index (χ2n) is 5.82. The van der Waals surface area contributed by atoms with E-state index in [0.717, 1.165) is 38.4 Å². The van der Waals surface area contributed by atoms with Gasteiger partial charge in [-0.1, -0.05) is 0 Å². The van der Waals surface area contributed by atoms with Gasteiger partial charge in [-0.15, -0.1) is 11.3 Å². The van der Waals surface area contributed by atoms with Crippen molar-refractivity contribution in [1.29, 1.82) is 0 Å². The maximum Gasteiger partial charge on any atom is 0.227 e. The predicted octanol–water partition coefficient (Wildman–Crippen LogP) is 4.04. The fourth-order valence-electron chi connectivity index (χ4n) is 2.56. The quantitative estimate of drug-likeness (QED) is 0.745. The topological polar surface area (TPSA) is 63.2 Å². The summed E-state index contributed by atoms with van der Waals surface area (Å²) in [6.07, 6.45) is 1.76. The number of nitrogens with zero attached hydrogens (tertiary/aromatic N) is 4. The summed E-state index contributed by atoms with van der Waals surface area (Å²) in [6.45, 7) is 4.00. The molecule has 0 radical (unpaired) electrons. The number of benzene rings is 1. The van der Waals surface area contributed by atoms with E-state index in [2.05, 4.69) is 20.3 Å². The lowest BCUT2D eigenvalue weighted by molar-refractivity contribution is 0.415. The third kappa shape index (κ3) is 3.71. The fourth-order valence-corrected chi connectivity index (χ4v) is 3.45. The van der Waals surface area contributed by atoms with Gasteiger partial charge in [0.2, 0.25) is 5.95 Å². The zero-order chi connectivity index (χ0) is 18.0. The maximum atomic E-state index is 5.40. The number of methoxy groups -OCH3 is 1. The molecule has 0 saturated carbocycles. The molecule has 25 heavy (non-hydrogen) atoms. The molecule has 0 aliphatic rings. The Bertz CT molecular complexity index is 891. The molecule has 0 atom stereocenters. The summed E-state index contributed by atoms with van der Waals surface area (Å²) in [5.74, 6) is 1.37. The Morgan fingerprint density at radius 1 is 1.12 bits per heavy atom. The predicted molar refractivity (Wildman–Crippen MR) is 103 cm³/mol. The molecule has 1 aromatic carbocycles. The zero-order valence-electron chi connectivity index (χ0n) is 15.0. The van der Waals surface area contributed by atoms with Gasteiger partial charge in [-0.05, 0) is 38.1 Å². The third-order valence-corrected chi connectivity index (χ3v) is 4.80. The Balaban J connectivity index is 1.90. The SMILES string of the molecule is COc1ccc(Nc2nccc(-c3sc(C)nc3C)n2)cc1N(C)C. The monoisotopic (exact) mass is 355 g/mol. The normalized spacial score (nSPS) is 10.6. The van der Waals surface area contributed by atoms with E-state index in [1.807, 2.05) is 57.1 Å². The van der Waals surface area contributed by atoms with Crippen molar-refractivity contribution in [1.82, 2.24) is 15.0 Å². The Morgan fingerprint density at radius 3 is 2.56 bits per heavy atom. The summed E-state index contributed by atoms with van der Waals surface area (Å²) in [5, 5.41) is 4.30. The molecular weight excluding hydrogens is 334 g/mol. The van der Waals surface area contributed by atoms with Crippen molar-refractivity contribution in [2.75, 3.05) is 31.4 Å². The Hall–Kier alpha value is -2.67. The summed E-state index contributed by atoms with van der Waals surface area (Å²) in [6, 6.07) is 7.80. The summed E-state index contributed by atoms with van der Waals surface area (Å²) in [4.78, 5) is 16.5. The van der Waals surface area contributed by atoms with Gasteiger partial charge < -0.3 is 15.0 Å². The highest BCUT2D eigenvalue weighted by Gasteiger charge is 2.11. The van der Waals surface area contributed by atoms with E-state index < -0.39 is 0 Å². The number of nitrogens with one attached hydrogen (secondary N) is 1. The average Bonchev–Trinajstić information content (AvgIpc) is 2.93. The summed E-state index contributed by atoms with van der Waals surface area (Å²) in [7, 11) is 5.63. The van der Waals surface area contributed by atoms with Gasteiger partial charge in [-0.2, -0.15) is 0 Å². The number of aromatic nitrogens is 3. The van der Waals surface area contributed by atoms with Gasteiger partial charge in [0.05, 0.1) is 34.1 Å². The average molecular weight is 355 g/mol. The lowest BCUT2D eigenvalue weighted by atomic mass is 10.2. The summed E-state index contributed by atoms with van der Waals surface area (Å²) < 4.78 is 5.40. The number of thiazole rings is 1. The highest BCUT2D eigenvalue weighted by Crippen LogP contribution is 2.32. The van der Waals surface area contributed by atoms with Crippen LogP contribution in [-0.2, 0) is 0 Å². The molecule has 0 fully saturated rings. The van der Waals surface area contributed by atoms with Crippen molar-refractivity contribution < 1.29 is 4.74 Å². The molecular formula is C18H21N5OS. The van der Waals surface area contributed by atoms with Crippen LogP contribution in [-0.4, -0.2) is 36.2 Å². The first-order chi connectivity index (χ1) is 12.0. The zero-order valence-corrected chi connectivity index (χ0v) is 15.8. The molecule has 7 heteroatoms. The first-order valence-electron chi connectivity index (χ1n) is 7.87. The minimum absolute atomic E-state index is 0.554. The second kappa shape index (κ2) is 7.06. The van der Waals surface area contributed by atoms with Crippen molar-refractivity contribution in [3.8, 4) is 16.3 Å². The molecule has 0 bridgehead atoms. The van der Waals surface area contributed by atoms with Gasteiger partial charge in [0.25, 0.3) is 0 Å². The van der Waals surface area contributed by atoms with Gasteiger partial charge in [0.1, 0.15) is 5.75 Å². The Kier molecular flexibility index (Phi) is 4.85. The van der Waals surface area contributed by atoms with Gasteiger partial charge >= 0.3 is 0 Å². The van der Waals surface area contributed by atoms with Crippen molar-refractivity contribution in [2.24, 2.45) is 0 Å². The second-order valence-corrected chi connectivity index (χ2v) is 7.02. The van der Waals surface area contributed by atoms with Crippen molar-refractivity contribution in [2.45, 2.75) is 13.8 Å². The molecule has 0 spiro atoms. The largest absolute Gasteiger partial charge is 0.495 e. The highest BCUT2D eigenvalue weighted by molar-refractivity contribution is 7.15. The minimum atomic E-state index is 0.554.